The number of rotatable bonds is 6. The number of amides is 1. The molecule has 6 nitrogen and oxygen atoms in total. The molecular weight excluding hydrogens is 512 g/mol. The molecule has 4 rings (SSSR count). The van der Waals surface area contributed by atoms with Crippen LogP contribution < -0.4 is 4.57 Å². The van der Waals surface area contributed by atoms with Crippen LogP contribution >= 0.6 is 0 Å². The number of hydrazone groups is 1. The van der Waals surface area contributed by atoms with E-state index in [0.29, 0.717) is 5.90 Å². The average Bonchev–Trinajstić information content (AvgIpc) is 3.20. The molecule has 0 radical (unpaired) electrons. The molecule has 0 saturated heterocycles. The van der Waals surface area contributed by atoms with Crippen molar-refractivity contribution in [3.8, 4) is 0 Å². The van der Waals surface area contributed by atoms with E-state index in [-0.39, 0.29) is 29.6 Å². The van der Waals surface area contributed by atoms with E-state index < -0.39 is 8.80 Å². The summed E-state index contributed by atoms with van der Waals surface area (Å²) in [5, 5.41) is 4.81. The van der Waals surface area contributed by atoms with Crippen molar-refractivity contribution in [1.29, 1.82) is 0 Å². The monoisotopic (exact) mass is 560 g/mol. The molecule has 0 N–H and O–H groups in total. The van der Waals surface area contributed by atoms with Crippen LogP contribution in [-0.4, -0.2) is 35.2 Å². The van der Waals surface area contributed by atoms with E-state index in [2.05, 4.69) is 121 Å². The predicted molar refractivity (Wildman–Crippen MR) is 170 cm³/mol. The van der Waals surface area contributed by atoms with Gasteiger partial charge in [0.2, 0.25) is 0 Å². The normalized spacial score (nSPS) is 17.8. The van der Waals surface area contributed by atoms with Crippen LogP contribution in [0.4, 0.5) is 11.4 Å². The summed E-state index contributed by atoms with van der Waals surface area (Å²) >= 11 is 0. The van der Waals surface area contributed by atoms with Crippen molar-refractivity contribution >= 4 is 37.7 Å². The molecule has 0 fully saturated rings. The molecule has 0 aliphatic carbocycles. The summed E-state index contributed by atoms with van der Waals surface area (Å²) in [6.45, 7) is 25.7. The Labute approximate surface area is 242 Å². The maximum absolute atomic E-state index is 13.6. The van der Waals surface area contributed by atoms with E-state index in [1.54, 1.807) is 11.6 Å². The minimum atomic E-state index is -4.05. The van der Waals surface area contributed by atoms with Crippen LogP contribution in [0.25, 0.3) is 0 Å². The number of carbonyl (C=O) groups excluding carboxylic acids is 1. The van der Waals surface area contributed by atoms with Gasteiger partial charge in [0.25, 0.3) is 0 Å². The molecule has 0 saturated carbocycles. The van der Waals surface area contributed by atoms with E-state index in [1.165, 1.54) is 22.3 Å². The zero-order chi connectivity index (χ0) is 29.7. The number of hydrogen-bond acceptors (Lipinski definition) is 4. The second kappa shape index (κ2) is 11.0. The number of benzene rings is 2. The first-order chi connectivity index (χ1) is 18.7. The molecule has 2 aromatic carbocycles. The summed E-state index contributed by atoms with van der Waals surface area (Å²) < 4.78 is 13.6. The van der Waals surface area contributed by atoms with Crippen molar-refractivity contribution in [2.45, 2.75) is 107 Å². The second-order valence-corrected chi connectivity index (χ2v) is 15.7. The number of para-hydroxylation sites is 2. The molecular formula is C33H48N4O2Si. The Hall–Kier alpha value is -3.19. The van der Waals surface area contributed by atoms with Crippen LogP contribution in [-0.2, 0) is 9.22 Å². The van der Waals surface area contributed by atoms with Gasteiger partial charge < -0.3 is 0 Å². The first kappa shape index (κ1) is 29.8. The third-order valence-corrected chi connectivity index (χ3v) is 12.7. The first-order valence-corrected chi connectivity index (χ1v) is 16.8. The Morgan fingerprint density at radius 1 is 0.800 bits per heavy atom. The summed E-state index contributed by atoms with van der Waals surface area (Å²) in [7, 11) is -4.05. The van der Waals surface area contributed by atoms with E-state index in [9.17, 15) is 4.79 Å². The summed E-state index contributed by atoms with van der Waals surface area (Å²) in [6, 6.07) is 13.2. The number of carbonyl (C=O) groups is 1. The van der Waals surface area contributed by atoms with Crippen LogP contribution in [0, 0.1) is 0 Å². The molecule has 2 aromatic rings. The fraction of sp³-hybridized carbons (Fsp3) is 0.485. The molecule has 7 heteroatoms. The molecule has 0 unspecified atom stereocenters. The Morgan fingerprint density at radius 3 is 1.68 bits per heavy atom. The molecule has 216 valence electrons. The quantitative estimate of drug-likeness (QED) is 0.336. The molecule has 0 aromatic heterocycles. The fourth-order valence-electron chi connectivity index (χ4n) is 6.52. The summed E-state index contributed by atoms with van der Waals surface area (Å²) in [5.41, 5.74) is 9.41. The minimum absolute atomic E-state index is 0.111. The molecule has 2 aliphatic heterocycles. The van der Waals surface area contributed by atoms with Crippen LogP contribution in [0.1, 0.15) is 129 Å². The van der Waals surface area contributed by atoms with E-state index in [0.717, 1.165) is 22.8 Å². The molecule has 0 atom stereocenters. The van der Waals surface area contributed by atoms with Gasteiger partial charge in [0.1, 0.15) is 0 Å². The maximum atomic E-state index is 13.6. The van der Waals surface area contributed by atoms with Gasteiger partial charge in [0.15, 0.2) is 0 Å². The molecule has 1 spiro atoms. The van der Waals surface area contributed by atoms with Crippen molar-refractivity contribution < 1.29 is 13.5 Å². The van der Waals surface area contributed by atoms with E-state index >= 15 is 0 Å². The van der Waals surface area contributed by atoms with Gasteiger partial charge in [-0.25, -0.2) is 0 Å². The molecule has 2 aliphatic rings. The Morgan fingerprint density at radius 2 is 1.25 bits per heavy atom. The standard InChI is InChI=1S/C33H48N4O2Si/c1-20(2)28-15-13-16-29(21(3)4)32(28)35-24(9)19-25(10)36(40(35)37(27(12)38)34-26(11)39-40)33-30(22(5)6)17-14-18-31(33)23(7)8/h13-23,40H,1-12H3. The predicted octanol–water partition coefficient (Wildman–Crippen LogP) is 8.09. The second-order valence-electron chi connectivity index (χ2n) is 12.6. The molecule has 0 bridgehead atoms. The molecule has 40 heavy (non-hydrogen) atoms. The van der Waals surface area contributed by atoms with Crippen molar-refractivity contribution in [2.75, 3.05) is 4.57 Å². The summed E-state index contributed by atoms with van der Waals surface area (Å²) in [4.78, 5) is 13.6. The van der Waals surface area contributed by atoms with Crippen molar-refractivity contribution in [3.05, 3.63) is 70.4 Å². The van der Waals surface area contributed by atoms with Crippen LogP contribution in [0.15, 0.2) is 53.3 Å². The van der Waals surface area contributed by atoms with Crippen LogP contribution in [0.5, 0.6) is 0 Å². The van der Waals surface area contributed by atoms with Gasteiger partial charge in [-0.2, -0.15) is 0 Å². The third-order valence-electron chi connectivity index (χ3n) is 8.24. The molecule has 2 heterocycles. The van der Waals surface area contributed by atoms with Crippen molar-refractivity contribution in [2.24, 2.45) is 5.10 Å². The zero-order valence-electron chi connectivity index (χ0n) is 26.5. The van der Waals surface area contributed by atoms with Gasteiger partial charge in [0, 0.05) is 0 Å². The van der Waals surface area contributed by atoms with E-state index in [1.807, 2.05) is 6.92 Å². The van der Waals surface area contributed by atoms with Crippen molar-refractivity contribution in [3.63, 3.8) is 0 Å². The Kier molecular flexibility index (Phi) is 8.19. The fourth-order valence-corrected chi connectivity index (χ4v) is 11.3. The van der Waals surface area contributed by atoms with Gasteiger partial charge >= 0.3 is 243 Å². The number of nitrogens with zero attached hydrogens (tertiary/aromatic N) is 4. The van der Waals surface area contributed by atoms with Gasteiger partial charge in [-0.3, -0.25) is 0 Å². The van der Waals surface area contributed by atoms with Gasteiger partial charge in [0.05, 0.1) is 0 Å². The van der Waals surface area contributed by atoms with Crippen LogP contribution in [0.3, 0.4) is 0 Å². The Bertz CT molecular complexity index is 1370. The third kappa shape index (κ3) is 4.72. The van der Waals surface area contributed by atoms with Gasteiger partial charge in [-0.1, -0.05) is 0 Å². The topological polar surface area (TPSA) is 48.2 Å². The number of anilines is 1. The molecule has 1 amide bonds. The number of hydrogen-bond donors (Lipinski definition) is 0. The van der Waals surface area contributed by atoms with Gasteiger partial charge in [-0.15, -0.1) is 0 Å². The SMILES string of the molecule is CC(=O)N1N=C(C)O[SiH-]12N(c1c(C(C)C)cccc1C(C)C)C(C)=CC(C)=[N+]2c1c(C(C)C)cccc1C(C)C. The Balaban J connectivity index is 2.23. The van der Waals surface area contributed by atoms with Crippen LogP contribution in [0.2, 0.25) is 0 Å². The average molecular weight is 561 g/mol. The summed E-state index contributed by atoms with van der Waals surface area (Å²) in [6.07, 6.45) is 2.25. The first-order valence-electron chi connectivity index (χ1n) is 14.8. The summed E-state index contributed by atoms with van der Waals surface area (Å²) in [5.74, 6) is 1.53. The van der Waals surface area contributed by atoms with Crippen molar-refractivity contribution in [1.82, 2.24) is 4.67 Å². The number of allylic oxidation sites excluding steroid dienone is 2. The van der Waals surface area contributed by atoms with E-state index in [4.69, 9.17) is 9.53 Å². The van der Waals surface area contributed by atoms with Gasteiger partial charge in [-0.05, 0) is 0 Å². The zero-order valence-corrected chi connectivity index (χ0v) is 27.7.